The topological polar surface area (TPSA) is 100 Å². The molecule has 1 saturated heterocycles. The van der Waals surface area contributed by atoms with Crippen LogP contribution in [-0.2, 0) is 19.4 Å². The number of fused-ring (bicyclic) bond motifs is 2. The summed E-state index contributed by atoms with van der Waals surface area (Å²) in [7, 11) is 0. The lowest BCUT2D eigenvalue weighted by molar-refractivity contribution is 0.208. The van der Waals surface area contributed by atoms with E-state index in [9.17, 15) is 9.50 Å². The Balaban J connectivity index is 1.27. The van der Waals surface area contributed by atoms with Gasteiger partial charge in [0.05, 0.1) is 5.39 Å². The number of nitrogens with one attached hydrogen (secondary N) is 1. The molecule has 4 N–H and O–H groups in total. The van der Waals surface area contributed by atoms with Crippen molar-refractivity contribution < 1.29 is 9.50 Å². The molecule has 2 aliphatic rings. The maximum absolute atomic E-state index is 13.6. The van der Waals surface area contributed by atoms with E-state index in [0.717, 1.165) is 61.8 Å². The maximum Gasteiger partial charge on any atom is 0.226 e. The smallest absolute Gasteiger partial charge is 0.226 e. The average Bonchev–Trinajstić information content (AvgIpc) is 3.21. The largest absolute Gasteiger partial charge is 0.505 e. The van der Waals surface area contributed by atoms with Crippen LogP contribution in [0.5, 0.6) is 5.75 Å². The average molecular weight is 423 g/mol. The molecule has 8 heteroatoms. The van der Waals surface area contributed by atoms with E-state index in [1.165, 1.54) is 11.6 Å². The lowest BCUT2D eigenvalue weighted by Gasteiger charge is -2.32. The van der Waals surface area contributed by atoms with Crippen molar-refractivity contribution in [2.45, 2.75) is 51.6 Å². The number of rotatable bonds is 4. The van der Waals surface area contributed by atoms with Gasteiger partial charge in [0.25, 0.3) is 0 Å². The fraction of sp³-hybridized carbons (Fsp3) is 0.435. The second kappa shape index (κ2) is 7.92. The predicted octanol–water partition coefficient (Wildman–Crippen LogP) is 3.33. The molecule has 0 atom stereocenters. The molecule has 0 spiro atoms. The number of hydrogen-bond acceptors (Lipinski definition) is 7. The molecule has 0 saturated carbocycles. The number of nitrogens with two attached hydrogens (primary N) is 1. The normalized spacial score (nSPS) is 17.2. The summed E-state index contributed by atoms with van der Waals surface area (Å²) in [5.74, 6) is 0.175. The van der Waals surface area contributed by atoms with Crippen LogP contribution in [0.25, 0.3) is 11.0 Å². The number of aromatic hydroxyl groups is 1. The molecule has 0 bridgehead atoms. The van der Waals surface area contributed by atoms with Gasteiger partial charge in [-0.15, -0.1) is 0 Å². The first-order valence-electron chi connectivity index (χ1n) is 10.9. The molecule has 3 aromatic rings. The summed E-state index contributed by atoms with van der Waals surface area (Å²) in [6, 6.07) is 4.89. The van der Waals surface area contributed by atoms with Crippen molar-refractivity contribution in [3.8, 4) is 5.75 Å². The SMILES string of the molecule is Cc1c2c(nc3nc(NC4CCN(Cc5cccc(F)c5O)CC4)nc(N)c13)CCC2. The standard InChI is InChI=1S/C23H27FN6O/c1-13-16-5-3-7-18(16)27-22-19(13)21(25)28-23(29-22)26-15-8-10-30(11-9-15)12-14-4-2-6-17(24)20(14)31/h2,4,6,15,31H,3,5,7-12H2,1H3,(H3,25,26,27,28,29). The quantitative estimate of drug-likeness (QED) is 0.593. The number of nitrogen functional groups attached to an aromatic ring is 1. The number of halogens is 1. The first-order chi connectivity index (χ1) is 15.0. The predicted molar refractivity (Wildman–Crippen MR) is 118 cm³/mol. The molecule has 1 fully saturated rings. The number of anilines is 2. The Bertz CT molecular complexity index is 1140. The number of aryl methyl sites for hydroxylation is 2. The second-order valence-electron chi connectivity index (χ2n) is 8.59. The minimum Gasteiger partial charge on any atom is -0.505 e. The van der Waals surface area contributed by atoms with Crippen LogP contribution >= 0.6 is 0 Å². The maximum atomic E-state index is 13.6. The summed E-state index contributed by atoms with van der Waals surface area (Å²) in [5, 5.41) is 14.2. The third kappa shape index (κ3) is 3.76. The van der Waals surface area contributed by atoms with E-state index >= 15 is 0 Å². The molecular weight excluding hydrogens is 395 g/mol. The second-order valence-corrected chi connectivity index (χ2v) is 8.59. The Kier molecular flexibility index (Phi) is 5.09. The van der Waals surface area contributed by atoms with Gasteiger partial charge in [-0.3, -0.25) is 4.90 Å². The minimum absolute atomic E-state index is 0.227. The number of piperidine rings is 1. The molecule has 3 heterocycles. The van der Waals surface area contributed by atoms with Crippen LogP contribution < -0.4 is 11.1 Å². The van der Waals surface area contributed by atoms with E-state index in [4.69, 9.17) is 10.7 Å². The Morgan fingerprint density at radius 3 is 2.81 bits per heavy atom. The van der Waals surface area contributed by atoms with Gasteiger partial charge >= 0.3 is 0 Å². The summed E-state index contributed by atoms with van der Waals surface area (Å²) < 4.78 is 13.6. The molecule has 31 heavy (non-hydrogen) atoms. The number of phenols is 1. The van der Waals surface area contributed by atoms with Crippen LogP contribution in [0, 0.1) is 12.7 Å². The lowest BCUT2D eigenvalue weighted by atomic mass is 10.0. The van der Waals surface area contributed by atoms with E-state index in [2.05, 4.69) is 27.1 Å². The number of phenolic OH excluding ortho intramolecular Hbond substituents is 1. The summed E-state index contributed by atoms with van der Waals surface area (Å²) >= 11 is 0. The molecule has 1 aromatic carbocycles. The van der Waals surface area contributed by atoms with Gasteiger partial charge in [-0.05, 0) is 56.2 Å². The first kappa shape index (κ1) is 19.9. The van der Waals surface area contributed by atoms with Crippen LogP contribution in [0.3, 0.4) is 0 Å². The van der Waals surface area contributed by atoms with Crippen molar-refractivity contribution in [2.75, 3.05) is 24.1 Å². The van der Waals surface area contributed by atoms with Crippen molar-refractivity contribution in [1.82, 2.24) is 19.9 Å². The van der Waals surface area contributed by atoms with Gasteiger partial charge in [-0.2, -0.15) is 9.97 Å². The van der Waals surface area contributed by atoms with Gasteiger partial charge in [-0.1, -0.05) is 12.1 Å². The van der Waals surface area contributed by atoms with Gasteiger partial charge in [-0.25, -0.2) is 9.37 Å². The van der Waals surface area contributed by atoms with Crippen molar-refractivity contribution in [2.24, 2.45) is 0 Å². The lowest BCUT2D eigenvalue weighted by Crippen LogP contribution is -2.39. The van der Waals surface area contributed by atoms with Gasteiger partial charge in [0.2, 0.25) is 5.95 Å². The molecule has 2 aromatic heterocycles. The number of para-hydroxylation sites is 1. The third-order valence-electron chi connectivity index (χ3n) is 6.56. The molecule has 7 nitrogen and oxygen atoms in total. The van der Waals surface area contributed by atoms with E-state index in [1.807, 2.05) is 0 Å². The molecule has 0 unspecified atom stereocenters. The number of aromatic nitrogens is 3. The highest BCUT2D eigenvalue weighted by Crippen LogP contribution is 2.32. The third-order valence-corrected chi connectivity index (χ3v) is 6.56. The zero-order valence-electron chi connectivity index (χ0n) is 17.7. The molecular formula is C23H27FN6O. The van der Waals surface area contributed by atoms with Crippen molar-refractivity contribution in [1.29, 1.82) is 0 Å². The van der Waals surface area contributed by atoms with E-state index in [0.29, 0.717) is 29.5 Å². The minimum atomic E-state index is -0.574. The van der Waals surface area contributed by atoms with Gasteiger partial charge in [0.1, 0.15) is 5.82 Å². The summed E-state index contributed by atoms with van der Waals surface area (Å²) in [6.07, 6.45) is 4.97. The molecule has 5 rings (SSSR count). The Morgan fingerprint density at radius 2 is 2.00 bits per heavy atom. The highest BCUT2D eigenvalue weighted by atomic mass is 19.1. The van der Waals surface area contributed by atoms with Crippen LogP contribution in [0.2, 0.25) is 0 Å². The first-order valence-corrected chi connectivity index (χ1v) is 10.9. The van der Waals surface area contributed by atoms with Gasteiger partial charge in [0, 0.05) is 36.9 Å². The van der Waals surface area contributed by atoms with Crippen molar-refractivity contribution in [3.05, 3.63) is 46.4 Å². The number of likely N-dealkylation sites (tertiary alicyclic amines) is 1. The van der Waals surface area contributed by atoms with Crippen LogP contribution in [0.1, 0.15) is 41.6 Å². The van der Waals surface area contributed by atoms with Crippen LogP contribution in [0.4, 0.5) is 16.2 Å². The molecule has 0 amide bonds. The fourth-order valence-electron chi connectivity index (χ4n) is 4.85. The highest BCUT2D eigenvalue weighted by Gasteiger charge is 2.23. The van der Waals surface area contributed by atoms with Crippen LogP contribution in [-0.4, -0.2) is 44.1 Å². The summed E-state index contributed by atoms with van der Waals surface area (Å²) in [4.78, 5) is 16.2. The molecule has 1 aliphatic carbocycles. The number of nitrogens with zero attached hydrogens (tertiary/aromatic N) is 4. The Labute approximate surface area is 180 Å². The van der Waals surface area contributed by atoms with Crippen LogP contribution in [0.15, 0.2) is 18.2 Å². The number of hydrogen-bond donors (Lipinski definition) is 3. The molecule has 162 valence electrons. The highest BCUT2D eigenvalue weighted by molar-refractivity contribution is 5.90. The summed E-state index contributed by atoms with van der Waals surface area (Å²) in [5.41, 5.74) is 11.2. The Morgan fingerprint density at radius 1 is 1.19 bits per heavy atom. The zero-order valence-corrected chi connectivity index (χ0v) is 17.7. The number of pyridine rings is 1. The van der Waals surface area contributed by atoms with Gasteiger partial charge in [0.15, 0.2) is 17.2 Å². The van der Waals surface area contributed by atoms with E-state index in [1.54, 1.807) is 12.1 Å². The zero-order chi connectivity index (χ0) is 21.5. The van der Waals surface area contributed by atoms with E-state index < -0.39 is 5.82 Å². The Hall–Kier alpha value is -3.00. The fourth-order valence-corrected chi connectivity index (χ4v) is 4.85. The van der Waals surface area contributed by atoms with Crippen molar-refractivity contribution in [3.63, 3.8) is 0 Å². The summed E-state index contributed by atoms with van der Waals surface area (Å²) in [6.45, 7) is 4.29. The molecule has 1 aliphatic heterocycles. The monoisotopic (exact) mass is 422 g/mol. The van der Waals surface area contributed by atoms with E-state index in [-0.39, 0.29) is 11.8 Å². The number of benzene rings is 1. The van der Waals surface area contributed by atoms with Crippen molar-refractivity contribution >= 4 is 22.8 Å². The molecule has 0 radical (unpaired) electrons. The van der Waals surface area contributed by atoms with Gasteiger partial charge < -0.3 is 16.2 Å².